The largest absolute Gasteiger partial charge is 0.491 e. The van der Waals surface area contributed by atoms with Crippen molar-refractivity contribution >= 4 is 35.3 Å². The van der Waals surface area contributed by atoms with Crippen LogP contribution in [0.5, 0.6) is 5.75 Å². The summed E-state index contributed by atoms with van der Waals surface area (Å²) in [6, 6.07) is 31.6. The number of hydrogen-bond acceptors (Lipinski definition) is 11. The number of benzene rings is 5. The molecule has 2 saturated heterocycles. The number of aliphatic hydroxyl groups is 1. The highest BCUT2D eigenvalue weighted by molar-refractivity contribution is 6.23. The van der Waals surface area contributed by atoms with Gasteiger partial charge >= 0.3 is 18.0 Å². The van der Waals surface area contributed by atoms with Gasteiger partial charge in [0.15, 0.2) is 0 Å². The first-order valence-electron chi connectivity index (χ1n) is 21.4. The molecule has 1 aliphatic carbocycles. The molecule has 2 N–H and O–H groups in total. The maximum absolute atomic E-state index is 16.0. The van der Waals surface area contributed by atoms with E-state index >= 15 is 4.79 Å². The molecule has 0 unspecified atom stereocenters. The minimum atomic E-state index is -2.20. The Kier molecular flexibility index (Phi) is 11.7. The van der Waals surface area contributed by atoms with E-state index < -0.39 is 64.4 Å². The highest BCUT2D eigenvalue weighted by Gasteiger charge is 2.76. The molecular weight excluding hydrogens is 831 g/mol. The van der Waals surface area contributed by atoms with E-state index in [4.69, 9.17) is 14.2 Å². The zero-order valence-corrected chi connectivity index (χ0v) is 34.9. The van der Waals surface area contributed by atoms with Crippen LogP contribution in [0.25, 0.3) is 0 Å². The van der Waals surface area contributed by atoms with Crippen LogP contribution >= 0.6 is 0 Å². The molecule has 5 aromatic rings. The minimum Gasteiger partial charge on any atom is -0.491 e. The number of nitro benzene ring substituents is 1. The summed E-state index contributed by atoms with van der Waals surface area (Å²) in [5.41, 5.74) is 1.40. The zero-order valence-electron chi connectivity index (χ0n) is 34.9. The average molecular weight is 874 g/mol. The molecule has 6 atom stereocenters. The van der Waals surface area contributed by atoms with Crippen molar-refractivity contribution in [2.75, 3.05) is 18.1 Å². The number of nitro groups is 1. The summed E-state index contributed by atoms with van der Waals surface area (Å²) in [6.07, 6.45) is 3.75. The first kappa shape index (κ1) is 42.7. The van der Waals surface area contributed by atoms with E-state index in [1.54, 1.807) is 47.4 Å². The van der Waals surface area contributed by atoms with Gasteiger partial charge in [-0.15, -0.1) is 0 Å². The Morgan fingerprint density at radius 3 is 2.20 bits per heavy atom. The lowest BCUT2D eigenvalue weighted by Crippen LogP contribution is -2.53. The summed E-state index contributed by atoms with van der Waals surface area (Å²) in [5, 5.41) is 32.4. The number of nitrogens with zero attached hydrogens (tertiary/aromatic N) is 3. The topological polar surface area (TPSA) is 186 Å². The molecule has 14 nitrogen and oxygen atoms in total. The Labute approximate surface area is 373 Å². The summed E-state index contributed by atoms with van der Waals surface area (Å²) in [7, 11) is 0. The van der Waals surface area contributed by atoms with Crippen molar-refractivity contribution in [3.63, 3.8) is 0 Å². The molecule has 9 rings (SSSR count). The Balaban J connectivity index is 1.27. The minimum absolute atomic E-state index is 0.00615. The highest BCUT2D eigenvalue weighted by atomic mass is 16.6. The van der Waals surface area contributed by atoms with Crippen LogP contribution < -0.4 is 9.64 Å². The molecule has 14 heteroatoms. The summed E-state index contributed by atoms with van der Waals surface area (Å²) >= 11 is 0. The molecular formula is C51H43N3O11. The smallest absolute Gasteiger partial charge is 0.421 e. The molecule has 4 aliphatic rings. The van der Waals surface area contributed by atoms with Crippen LogP contribution in [0, 0.1) is 27.9 Å². The number of morpholine rings is 1. The van der Waals surface area contributed by atoms with E-state index in [1.165, 1.54) is 24.3 Å². The van der Waals surface area contributed by atoms with E-state index in [0.717, 1.165) is 36.2 Å². The average Bonchev–Trinajstić information content (AvgIpc) is 3.79. The van der Waals surface area contributed by atoms with Gasteiger partial charge in [-0.1, -0.05) is 90.7 Å². The molecule has 5 aromatic carbocycles. The van der Waals surface area contributed by atoms with Crippen molar-refractivity contribution in [3.8, 4) is 17.6 Å². The fourth-order valence-corrected chi connectivity index (χ4v) is 9.88. The van der Waals surface area contributed by atoms with Crippen LogP contribution in [0.3, 0.4) is 0 Å². The first-order valence-corrected chi connectivity index (χ1v) is 21.4. The molecule has 0 radical (unpaired) electrons. The standard InChI is InChI=1S/C51H43N3O11/c55-28-29-63-39-25-21-37(22-26-39)46-51(42(47(56)57)44-48(58)65-45(36-14-8-3-9-15-36)43(53(44)46)35-12-6-2-7-13-35)40-30-33(17-16-32-10-4-1-5-11-32)20-27-41(40)52(49(51)59)50(60)64-31-34-18-23-38(24-19-34)54(61)62/h2-3,6-10,12-15,18-27,30,42-46,55H,1,4-5,11,28-29,31H2,(H,56,57)/t42-,43-,44-,45+,46+,51-/m0/s1. The van der Waals surface area contributed by atoms with Crippen molar-refractivity contribution in [3.05, 3.63) is 183 Å². The van der Waals surface area contributed by atoms with Gasteiger partial charge in [-0.2, -0.15) is 0 Å². The molecule has 1 spiro atoms. The number of aliphatic hydroxyl groups excluding tert-OH is 1. The lowest BCUT2D eigenvalue weighted by molar-refractivity contribution is -0.384. The SMILES string of the molecule is O=C1O[C@H](c2ccccc2)[C@H](c2ccccc2)N2[C@H]1[C@@H](C(=O)O)[C@]1(C(=O)N(C(=O)OCc3ccc([N+](=O)[O-])cc3)c3ccc(C#CC4=CCCCC4)cc31)[C@H]2c1ccc(OCCO)cc1. The number of carbonyl (C=O) groups excluding carboxylic acids is 3. The van der Waals surface area contributed by atoms with Crippen LogP contribution in [-0.2, 0) is 35.9 Å². The van der Waals surface area contributed by atoms with Gasteiger partial charge in [0.2, 0.25) is 5.91 Å². The first-order chi connectivity index (χ1) is 31.6. The normalized spacial score (nSPS) is 23.4. The number of cyclic esters (lactones) is 1. The molecule has 2 fully saturated rings. The van der Waals surface area contributed by atoms with Gasteiger partial charge in [-0.25, -0.2) is 9.69 Å². The quantitative estimate of drug-likeness (QED) is 0.0599. The van der Waals surface area contributed by atoms with E-state index in [1.807, 2.05) is 60.7 Å². The second kappa shape index (κ2) is 17.9. The molecule has 0 saturated carbocycles. The number of non-ortho nitro benzene ring substituents is 1. The van der Waals surface area contributed by atoms with Gasteiger partial charge in [-0.3, -0.25) is 29.4 Å². The van der Waals surface area contributed by atoms with Gasteiger partial charge in [0, 0.05) is 17.7 Å². The van der Waals surface area contributed by atoms with E-state index in [2.05, 4.69) is 17.9 Å². The van der Waals surface area contributed by atoms with Gasteiger partial charge < -0.3 is 24.4 Å². The number of esters is 1. The Bertz CT molecular complexity index is 2750. The third-order valence-electron chi connectivity index (χ3n) is 12.6. The van der Waals surface area contributed by atoms with Crippen LogP contribution in [-0.4, -0.2) is 63.2 Å². The summed E-state index contributed by atoms with van der Waals surface area (Å²) < 4.78 is 17.8. The third kappa shape index (κ3) is 7.68. The number of aliphatic carboxylic acids is 1. The van der Waals surface area contributed by atoms with Crippen LogP contribution in [0.1, 0.15) is 77.3 Å². The summed E-state index contributed by atoms with van der Waals surface area (Å²) in [4.78, 5) is 73.1. The molecule has 0 aromatic heterocycles. The predicted molar refractivity (Wildman–Crippen MR) is 235 cm³/mol. The maximum Gasteiger partial charge on any atom is 0.421 e. The number of carbonyl (C=O) groups is 4. The van der Waals surface area contributed by atoms with Crippen molar-refractivity contribution in [1.29, 1.82) is 0 Å². The molecule has 2 amide bonds. The Morgan fingerprint density at radius 2 is 1.55 bits per heavy atom. The number of rotatable bonds is 10. The zero-order chi connectivity index (χ0) is 45.2. The second-order valence-corrected chi connectivity index (χ2v) is 16.3. The fourth-order valence-electron chi connectivity index (χ4n) is 9.88. The Morgan fingerprint density at radius 1 is 0.846 bits per heavy atom. The lowest BCUT2D eigenvalue weighted by Gasteiger charge is -2.46. The monoisotopic (exact) mass is 873 g/mol. The van der Waals surface area contributed by atoms with E-state index in [0.29, 0.717) is 33.6 Å². The highest BCUT2D eigenvalue weighted by Crippen LogP contribution is 2.66. The number of amides is 2. The molecule has 3 aliphatic heterocycles. The van der Waals surface area contributed by atoms with Gasteiger partial charge in [0.25, 0.3) is 5.69 Å². The summed E-state index contributed by atoms with van der Waals surface area (Å²) in [6.45, 7) is -0.611. The molecule has 0 bridgehead atoms. The van der Waals surface area contributed by atoms with Crippen LogP contribution in [0.2, 0.25) is 0 Å². The number of ether oxygens (including phenoxy) is 3. The van der Waals surface area contributed by atoms with Crippen molar-refractivity contribution in [2.45, 2.75) is 61.9 Å². The fraction of sp³-hybridized carbons (Fsp3) is 0.255. The molecule has 3 heterocycles. The lowest BCUT2D eigenvalue weighted by atomic mass is 9.65. The predicted octanol–water partition coefficient (Wildman–Crippen LogP) is 7.90. The number of anilines is 1. The van der Waals surface area contributed by atoms with Gasteiger partial charge in [0.05, 0.1) is 29.3 Å². The van der Waals surface area contributed by atoms with Crippen LogP contribution in [0.15, 0.2) is 139 Å². The number of allylic oxidation sites excluding steroid dienone is 2. The van der Waals surface area contributed by atoms with E-state index in [-0.39, 0.29) is 36.8 Å². The van der Waals surface area contributed by atoms with E-state index in [9.17, 15) is 34.7 Å². The number of fused-ring (bicyclic) bond motifs is 3. The summed E-state index contributed by atoms with van der Waals surface area (Å²) in [5.74, 6) is 1.76. The second-order valence-electron chi connectivity index (χ2n) is 16.3. The number of imide groups is 1. The molecule has 328 valence electrons. The number of hydrogen-bond donors (Lipinski definition) is 2. The van der Waals surface area contributed by atoms with Gasteiger partial charge in [0.1, 0.15) is 42.4 Å². The van der Waals surface area contributed by atoms with Crippen molar-refractivity contribution in [1.82, 2.24) is 4.90 Å². The Hall–Kier alpha value is -7.60. The third-order valence-corrected chi connectivity index (χ3v) is 12.6. The van der Waals surface area contributed by atoms with Crippen molar-refractivity contribution in [2.24, 2.45) is 5.92 Å². The van der Waals surface area contributed by atoms with Crippen LogP contribution in [0.4, 0.5) is 16.2 Å². The van der Waals surface area contributed by atoms with Gasteiger partial charge in [-0.05, 0) is 102 Å². The molecule has 65 heavy (non-hydrogen) atoms. The maximum atomic E-state index is 16.0. The number of carboxylic acids is 1. The van der Waals surface area contributed by atoms with Crippen molar-refractivity contribution < 1.29 is 48.5 Å². The number of carboxylic acid groups (broad SMARTS) is 1.